The summed E-state index contributed by atoms with van der Waals surface area (Å²) >= 11 is 0. The lowest BCUT2D eigenvalue weighted by Crippen LogP contribution is -2.14. The van der Waals surface area contributed by atoms with Crippen molar-refractivity contribution >= 4 is 22.5 Å². The third-order valence-corrected chi connectivity index (χ3v) is 5.51. The molecule has 0 aliphatic heterocycles. The van der Waals surface area contributed by atoms with Gasteiger partial charge in [-0.1, -0.05) is 18.2 Å². The van der Waals surface area contributed by atoms with E-state index >= 15 is 0 Å². The third-order valence-electron chi connectivity index (χ3n) is 5.51. The molecule has 6 heteroatoms. The van der Waals surface area contributed by atoms with Gasteiger partial charge in [-0.15, -0.1) is 0 Å². The number of pyridine rings is 1. The standard InChI is InChI=1S/C27H26N2O4/c1-17-5-6-19(13-18(17)2)14-27(30)29-20-7-9-21(10-8-20)33-24-11-12-28-23-16-26(32-4)25(31-3)15-22(23)24/h5-13,15-16H,14H2,1-4H3,(H,29,30). The van der Waals surface area contributed by atoms with Gasteiger partial charge in [0.05, 0.1) is 26.2 Å². The predicted octanol–water partition coefficient (Wildman–Crippen LogP) is 5.84. The minimum atomic E-state index is -0.0620. The summed E-state index contributed by atoms with van der Waals surface area (Å²) < 4.78 is 16.9. The van der Waals surface area contributed by atoms with Crippen LogP contribution in [0, 0.1) is 13.8 Å². The van der Waals surface area contributed by atoms with Crippen LogP contribution in [0.1, 0.15) is 16.7 Å². The molecule has 0 spiro atoms. The van der Waals surface area contributed by atoms with Crippen LogP contribution in [0.3, 0.4) is 0 Å². The first-order valence-electron chi connectivity index (χ1n) is 10.6. The number of nitrogens with one attached hydrogen (secondary N) is 1. The highest BCUT2D eigenvalue weighted by Crippen LogP contribution is 2.37. The van der Waals surface area contributed by atoms with Crippen LogP contribution in [-0.4, -0.2) is 25.1 Å². The Morgan fingerprint density at radius 3 is 2.27 bits per heavy atom. The zero-order valence-corrected chi connectivity index (χ0v) is 19.1. The fourth-order valence-corrected chi connectivity index (χ4v) is 3.57. The number of methoxy groups -OCH3 is 2. The van der Waals surface area contributed by atoms with Gasteiger partial charge in [0, 0.05) is 23.3 Å². The maximum atomic E-state index is 12.4. The van der Waals surface area contributed by atoms with E-state index in [0.29, 0.717) is 35.1 Å². The van der Waals surface area contributed by atoms with Crippen LogP contribution >= 0.6 is 0 Å². The van der Waals surface area contributed by atoms with Gasteiger partial charge in [0.2, 0.25) is 5.91 Å². The van der Waals surface area contributed by atoms with Crippen molar-refractivity contribution < 1.29 is 19.0 Å². The van der Waals surface area contributed by atoms with Gasteiger partial charge in [0.1, 0.15) is 11.5 Å². The molecule has 4 aromatic rings. The lowest BCUT2D eigenvalue weighted by Gasteiger charge is -2.13. The van der Waals surface area contributed by atoms with Crippen LogP contribution in [0.4, 0.5) is 5.69 Å². The van der Waals surface area contributed by atoms with Crippen LogP contribution in [-0.2, 0) is 11.2 Å². The van der Waals surface area contributed by atoms with E-state index in [9.17, 15) is 4.79 Å². The number of carbonyl (C=O) groups is 1. The number of ether oxygens (including phenoxy) is 3. The monoisotopic (exact) mass is 442 g/mol. The van der Waals surface area contributed by atoms with Crippen LogP contribution in [0.25, 0.3) is 10.9 Å². The van der Waals surface area contributed by atoms with Gasteiger partial charge < -0.3 is 19.5 Å². The maximum Gasteiger partial charge on any atom is 0.228 e. The molecule has 0 saturated heterocycles. The Morgan fingerprint density at radius 2 is 1.58 bits per heavy atom. The molecule has 1 aromatic heterocycles. The normalized spacial score (nSPS) is 10.7. The van der Waals surface area contributed by atoms with E-state index in [1.807, 2.05) is 55.5 Å². The Morgan fingerprint density at radius 1 is 0.848 bits per heavy atom. The average Bonchev–Trinajstić information content (AvgIpc) is 2.82. The van der Waals surface area contributed by atoms with Gasteiger partial charge in [-0.05, 0) is 66.9 Å². The second-order valence-electron chi connectivity index (χ2n) is 7.80. The number of fused-ring (bicyclic) bond motifs is 1. The van der Waals surface area contributed by atoms with E-state index < -0.39 is 0 Å². The Balaban J connectivity index is 1.47. The average molecular weight is 443 g/mol. The van der Waals surface area contributed by atoms with Crippen LogP contribution in [0.5, 0.6) is 23.0 Å². The number of carbonyl (C=O) groups excluding carboxylic acids is 1. The number of rotatable bonds is 7. The predicted molar refractivity (Wildman–Crippen MR) is 130 cm³/mol. The molecule has 0 aliphatic carbocycles. The zero-order chi connectivity index (χ0) is 23.4. The molecule has 1 N–H and O–H groups in total. The third kappa shape index (κ3) is 5.06. The number of aromatic nitrogens is 1. The van der Waals surface area contributed by atoms with Gasteiger partial charge in [0.25, 0.3) is 0 Å². The first kappa shape index (κ1) is 22.1. The number of hydrogen-bond acceptors (Lipinski definition) is 5. The molecule has 4 rings (SSSR count). The Kier molecular flexibility index (Phi) is 6.45. The summed E-state index contributed by atoms with van der Waals surface area (Å²) in [5.41, 5.74) is 4.84. The SMILES string of the molecule is COc1cc2nccc(Oc3ccc(NC(=O)Cc4ccc(C)c(C)c4)cc3)c2cc1OC. The maximum absolute atomic E-state index is 12.4. The molecule has 0 bridgehead atoms. The number of hydrogen-bond donors (Lipinski definition) is 1. The summed E-state index contributed by atoms with van der Waals surface area (Å²) in [4.78, 5) is 16.8. The summed E-state index contributed by atoms with van der Waals surface area (Å²) in [7, 11) is 3.18. The molecular weight excluding hydrogens is 416 g/mol. The number of aryl methyl sites for hydroxylation is 2. The van der Waals surface area contributed by atoms with Crippen molar-refractivity contribution in [2.45, 2.75) is 20.3 Å². The molecule has 33 heavy (non-hydrogen) atoms. The molecule has 0 unspecified atom stereocenters. The minimum Gasteiger partial charge on any atom is -0.493 e. The summed E-state index contributed by atoms with van der Waals surface area (Å²) in [6.07, 6.45) is 2.01. The van der Waals surface area contributed by atoms with E-state index in [0.717, 1.165) is 16.5 Å². The lowest BCUT2D eigenvalue weighted by atomic mass is 10.0. The molecule has 0 aliphatic rings. The molecule has 0 radical (unpaired) electrons. The van der Waals surface area contributed by atoms with Crippen LogP contribution in [0.2, 0.25) is 0 Å². The fraction of sp³-hybridized carbons (Fsp3) is 0.185. The first-order valence-corrected chi connectivity index (χ1v) is 10.6. The van der Waals surface area contributed by atoms with E-state index in [1.54, 1.807) is 26.5 Å². The second kappa shape index (κ2) is 9.61. The van der Waals surface area contributed by atoms with E-state index in [2.05, 4.69) is 23.3 Å². The zero-order valence-electron chi connectivity index (χ0n) is 19.1. The minimum absolute atomic E-state index is 0.0620. The van der Waals surface area contributed by atoms with Crippen molar-refractivity contribution in [2.24, 2.45) is 0 Å². The van der Waals surface area contributed by atoms with Crippen molar-refractivity contribution in [1.29, 1.82) is 0 Å². The molecule has 0 atom stereocenters. The van der Waals surface area contributed by atoms with E-state index in [-0.39, 0.29) is 5.91 Å². The number of anilines is 1. The van der Waals surface area contributed by atoms with Crippen molar-refractivity contribution in [3.8, 4) is 23.0 Å². The fourth-order valence-electron chi connectivity index (χ4n) is 3.57. The Bertz CT molecular complexity index is 1300. The quantitative estimate of drug-likeness (QED) is 0.389. The van der Waals surface area contributed by atoms with Gasteiger partial charge >= 0.3 is 0 Å². The lowest BCUT2D eigenvalue weighted by molar-refractivity contribution is -0.115. The molecule has 0 saturated carbocycles. The van der Waals surface area contributed by atoms with E-state index in [1.165, 1.54) is 11.1 Å². The second-order valence-corrected chi connectivity index (χ2v) is 7.80. The highest BCUT2D eigenvalue weighted by molar-refractivity contribution is 5.92. The highest BCUT2D eigenvalue weighted by atomic mass is 16.5. The molecule has 0 fully saturated rings. The van der Waals surface area contributed by atoms with Gasteiger partial charge in [-0.2, -0.15) is 0 Å². The van der Waals surface area contributed by atoms with E-state index in [4.69, 9.17) is 14.2 Å². The summed E-state index contributed by atoms with van der Waals surface area (Å²) in [5, 5.41) is 3.74. The Hall–Kier alpha value is -4.06. The smallest absolute Gasteiger partial charge is 0.228 e. The highest BCUT2D eigenvalue weighted by Gasteiger charge is 2.12. The van der Waals surface area contributed by atoms with Crippen LogP contribution < -0.4 is 19.5 Å². The number of amides is 1. The van der Waals surface area contributed by atoms with Gasteiger partial charge in [-0.3, -0.25) is 9.78 Å². The summed E-state index contributed by atoms with van der Waals surface area (Å²) in [6.45, 7) is 4.11. The molecule has 1 amide bonds. The number of benzene rings is 3. The molecule has 3 aromatic carbocycles. The largest absolute Gasteiger partial charge is 0.493 e. The van der Waals surface area contributed by atoms with Crippen molar-refractivity contribution in [1.82, 2.24) is 4.98 Å². The van der Waals surface area contributed by atoms with Gasteiger partial charge in [-0.25, -0.2) is 0 Å². The molecule has 1 heterocycles. The summed E-state index contributed by atoms with van der Waals surface area (Å²) in [5.74, 6) is 2.44. The van der Waals surface area contributed by atoms with Crippen molar-refractivity contribution in [3.63, 3.8) is 0 Å². The van der Waals surface area contributed by atoms with Crippen molar-refractivity contribution in [2.75, 3.05) is 19.5 Å². The van der Waals surface area contributed by atoms with Crippen molar-refractivity contribution in [3.05, 3.63) is 83.6 Å². The molecule has 6 nitrogen and oxygen atoms in total. The topological polar surface area (TPSA) is 69.7 Å². The summed E-state index contributed by atoms with van der Waals surface area (Å²) in [6, 6.07) is 18.8. The molecule has 168 valence electrons. The number of nitrogens with zero attached hydrogens (tertiary/aromatic N) is 1. The first-order chi connectivity index (χ1) is 16.0. The molecular formula is C27H26N2O4. The van der Waals surface area contributed by atoms with Crippen LogP contribution in [0.15, 0.2) is 66.9 Å². The van der Waals surface area contributed by atoms with Gasteiger partial charge in [0.15, 0.2) is 11.5 Å². The Labute approximate surface area is 193 Å².